The Morgan fingerprint density at radius 3 is 2.12 bits per heavy atom. The topological polar surface area (TPSA) is 116 Å². The molecule has 4 amide bonds. The molecule has 0 aromatic heterocycles. The van der Waals surface area contributed by atoms with Gasteiger partial charge >= 0.3 is 12.0 Å². The van der Waals surface area contributed by atoms with Gasteiger partial charge in [0.25, 0.3) is 11.8 Å². The summed E-state index contributed by atoms with van der Waals surface area (Å²) in [6.45, 7) is 0.715. The summed E-state index contributed by atoms with van der Waals surface area (Å²) in [5.41, 5.74) is 0.775. The van der Waals surface area contributed by atoms with Gasteiger partial charge in [0, 0.05) is 26.1 Å². The van der Waals surface area contributed by atoms with Crippen molar-refractivity contribution >= 4 is 23.8 Å². The van der Waals surface area contributed by atoms with Gasteiger partial charge in [0.2, 0.25) is 0 Å². The number of hydrogen-bond donors (Lipinski definition) is 3. The van der Waals surface area contributed by atoms with Crippen molar-refractivity contribution in [3.63, 3.8) is 0 Å². The van der Waals surface area contributed by atoms with Crippen LogP contribution in [0.4, 0.5) is 4.79 Å². The molecule has 0 bridgehead atoms. The maximum atomic E-state index is 12.1. The molecular weight excluding hydrogens is 326 g/mol. The van der Waals surface area contributed by atoms with Crippen LogP contribution in [0.2, 0.25) is 0 Å². The molecule has 1 heterocycles. The average molecular weight is 347 g/mol. The number of urea groups is 1. The zero-order valence-corrected chi connectivity index (χ0v) is 13.8. The van der Waals surface area contributed by atoms with E-state index in [9.17, 15) is 19.2 Å². The molecular formula is C17H21N3O5. The number of carboxylic acid groups (broad SMARTS) is 1. The molecule has 1 aliphatic rings. The smallest absolute Gasteiger partial charge is 0.314 e. The predicted octanol–water partition coefficient (Wildman–Crippen LogP) is 1.23. The molecule has 0 fully saturated rings. The fourth-order valence-electron chi connectivity index (χ4n) is 2.57. The Bertz CT molecular complexity index is 639. The monoisotopic (exact) mass is 347 g/mol. The maximum Gasteiger partial charge on any atom is 0.314 e. The van der Waals surface area contributed by atoms with Crippen molar-refractivity contribution in [3.05, 3.63) is 35.4 Å². The normalized spacial score (nSPS) is 12.9. The van der Waals surface area contributed by atoms with E-state index in [1.165, 1.54) is 0 Å². The Balaban J connectivity index is 1.63. The largest absolute Gasteiger partial charge is 0.481 e. The van der Waals surface area contributed by atoms with Crippen molar-refractivity contribution in [1.29, 1.82) is 0 Å². The van der Waals surface area contributed by atoms with Gasteiger partial charge in [-0.3, -0.25) is 19.3 Å². The molecule has 1 aromatic carbocycles. The first-order valence-corrected chi connectivity index (χ1v) is 8.19. The number of carbonyl (C=O) groups is 4. The van der Waals surface area contributed by atoms with Gasteiger partial charge in [-0.2, -0.15) is 0 Å². The Hall–Kier alpha value is -2.90. The second kappa shape index (κ2) is 8.81. The van der Waals surface area contributed by atoms with Gasteiger partial charge in [0.05, 0.1) is 11.1 Å². The maximum absolute atomic E-state index is 12.1. The van der Waals surface area contributed by atoms with Crippen LogP contribution in [0, 0.1) is 0 Å². The summed E-state index contributed by atoms with van der Waals surface area (Å²) in [6.07, 6.45) is 2.13. The fourth-order valence-corrected chi connectivity index (χ4v) is 2.57. The first-order chi connectivity index (χ1) is 12.0. The number of unbranched alkanes of at least 4 members (excludes halogenated alkanes) is 2. The number of benzene rings is 1. The lowest BCUT2D eigenvalue weighted by Crippen LogP contribution is -2.42. The Kier molecular flexibility index (Phi) is 6.50. The highest BCUT2D eigenvalue weighted by Gasteiger charge is 2.34. The van der Waals surface area contributed by atoms with Crippen molar-refractivity contribution in [2.75, 3.05) is 19.6 Å². The van der Waals surface area contributed by atoms with Crippen molar-refractivity contribution < 1.29 is 24.3 Å². The molecule has 8 nitrogen and oxygen atoms in total. The lowest BCUT2D eigenvalue weighted by molar-refractivity contribution is -0.137. The van der Waals surface area contributed by atoms with E-state index in [1.807, 2.05) is 0 Å². The number of rotatable bonds is 9. The quantitative estimate of drug-likeness (QED) is 0.459. The van der Waals surface area contributed by atoms with Crippen molar-refractivity contribution in [2.24, 2.45) is 0 Å². The van der Waals surface area contributed by atoms with E-state index in [1.54, 1.807) is 24.3 Å². The number of imide groups is 1. The van der Waals surface area contributed by atoms with E-state index < -0.39 is 5.97 Å². The number of carbonyl (C=O) groups excluding carboxylic acids is 3. The van der Waals surface area contributed by atoms with Gasteiger partial charge in [0.1, 0.15) is 0 Å². The standard InChI is InChI=1S/C17H21N3O5/c21-14(22)8-2-1-5-9-18-17(25)19-10-11-20-15(23)12-6-3-4-7-13(12)16(20)24/h3-4,6-7H,1-2,5,8-11H2,(H,21,22)(H2,18,19,25). The molecule has 2 rings (SSSR count). The number of carboxylic acids is 1. The minimum absolute atomic E-state index is 0.110. The Morgan fingerprint density at radius 2 is 1.52 bits per heavy atom. The average Bonchev–Trinajstić information content (AvgIpc) is 2.83. The zero-order valence-electron chi connectivity index (χ0n) is 13.8. The van der Waals surface area contributed by atoms with Crippen LogP contribution in [-0.4, -0.2) is 53.5 Å². The Morgan fingerprint density at radius 1 is 0.920 bits per heavy atom. The summed E-state index contributed by atoms with van der Waals surface area (Å²) < 4.78 is 0. The fraction of sp³-hybridized carbons (Fsp3) is 0.412. The molecule has 0 unspecified atom stereocenters. The zero-order chi connectivity index (χ0) is 18.2. The third-order valence-corrected chi connectivity index (χ3v) is 3.85. The van der Waals surface area contributed by atoms with E-state index in [2.05, 4.69) is 10.6 Å². The summed E-state index contributed by atoms with van der Waals surface area (Å²) in [5.74, 6) is -1.51. The van der Waals surface area contributed by atoms with Crippen LogP contribution in [0.15, 0.2) is 24.3 Å². The molecule has 1 aromatic rings. The highest BCUT2D eigenvalue weighted by atomic mass is 16.4. The van der Waals surface area contributed by atoms with E-state index in [4.69, 9.17) is 5.11 Å². The molecule has 25 heavy (non-hydrogen) atoms. The molecule has 8 heteroatoms. The first-order valence-electron chi connectivity index (χ1n) is 8.19. The van der Waals surface area contributed by atoms with Gasteiger partial charge in [-0.15, -0.1) is 0 Å². The van der Waals surface area contributed by atoms with Crippen LogP contribution in [0.5, 0.6) is 0 Å². The number of aliphatic carboxylic acids is 1. The highest BCUT2D eigenvalue weighted by Crippen LogP contribution is 2.21. The molecule has 0 saturated heterocycles. The van der Waals surface area contributed by atoms with Crippen LogP contribution in [-0.2, 0) is 4.79 Å². The summed E-state index contributed by atoms with van der Waals surface area (Å²) in [7, 11) is 0. The summed E-state index contributed by atoms with van der Waals surface area (Å²) in [5, 5.41) is 13.8. The lowest BCUT2D eigenvalue weighted by Gasteiger charge is -2.14. The van der Waals surface area contributed by atoms with E-state index in [0.29, 0.717) is 30.5 Å². The second-order valence-electron chi connectivity index (χ2n) is 5.69. The van der Waals surface area contributed by atoms with Crippen LogP contribution < -0.4 is 10.6 Å². The van der Waals surface area contributed by atoms with Gasteiger partial charge in [-0.1, -0.05) is 18.6 Å². The molecule has 0 radical (unpaired) electrons. The minimum Gasteiger partial charge on any atom is -0.481 e. The number of fused-ring (bicyclic) bond motifs is 1. The van der Waals surface area contributed by atoms with Crippen molar-refractivity contribution in [3.8, 4) is 0 Å². The number of hydrogen-bond acceptors (Lipinski definition) is 4. The van der Waals surface area contributed by atoms with E-state index in [0.717, 1.165) is 11.3 Å². The number of nitrogens with one attached hydrogen (secondary N) is 2. The SMILES string of the molecule is O=C(O)CCCCCNC(=O)NCCN1C(=O)c2ccccc2C1=O. The summed E-state index contributed by atoms with van der Waals surface area (Å²) in [4.78, 5) is 47.4. The number of amides is 4. The Labute approximate surface area is 145 Å². The van der Waals surface area contributed by atoms with Crippen molar-refractivity contribution in [1.82, 2.24) is 15.5 Å². The van der Waals surface area contributed by atoms with Gasteiger partial charge < -0.3 is 15.7 Å². The first kappa shape index (κ1) is 18.4. The number of nitrogens with zero attached hydrogens (tertiary/aromatic N) is 1. The van der Waals surface area contributed by atoms with E-state index in [-0.39, 0.29) is 37.4 Å². The minimum atomic E-state index is -0.820. The molecule has 0 atom stereocenters. The summed E-state index contributed by atoms with van der Waals surface area (Å²) in [6, 6.07) is 6.25. The molecule has 3 N–H and O–H groups in total. The predicted molar refractivity (Wildman–Crippen MR) is 89.3 cm³/mol. The van der Waals surface area contributed by atoms with Crippen molar-refractivity contribution in [2.45, 2.75) is 25.7 Å². The van der Waals surface area contributed by atoms with Gasteiger partial charge in [-0.25, -0.2) is 4.79 Å². The van der Waals surface area contributed by atoms with E-state index >= 15 is 0 Å². The molecule has 134 valence electrons. The third-order valence-electron chi connectivity index (χ3n) is 3.85. The van der Waals surface area contributed by atoms with Gasteiger partial charge in [0.15, 0.2) is 0 Å². The highest BCUT2D eigenvalue weighted by molar-refractivity contribution is 6.21. The van der Waals surface area contributed by atoms with Crippen LogP contribution >= 0.6 is 0 Å². The van der Waals surface area contributed by atoms with Crippen LogP contribution in [0.1, 0.15) is 46.4 Å². The van der Waals surface area contributed by atoms with Crippen LogP contribution in [0.3, 0.4) is 0 Å². The third kappa shape index (κ3) is 5.03. The lowest BCUT2D eigenvalue weighted by atomic mass is 10.1. The van der Waals surface area contributed by atoms with Crippen LogP contribution in [0.25, 0.3) is 0 Å². The molecule has 0 aliphatic carbocycles. The molecule has 1 aliphatic heterocycles. The summed E-state index contributed by atoms with van der Waals surface area (Å²) >= 11 is 0. The molecule has 0 spiro atoms. The second-order valence-corrected chi connectivity index (χ2v) is 5.69. The van der Waals surface area contributed by atoms with Gasteiger partial charge in [-0.05, 0) is 25.0 Å². The molecule has 0 saturated carbocycles.